The summed E-state index contributed by atoms with van der Waals surface area (Å²) in [4.78, 5) is 14.2. The lowest BCUT2D eigenvalue weighted by Gasteiger charge is -2.19. The zero-order valence-corrected chi connectivity index (χ0v) is 19.7. The third-order valence-corrected chi connectivity index (χ3v) is 6.64. The van der Waals surface area contributed by atoms with E-state index in [2.05, 4.69) is 10.5 Å². The molecule has 8 heteroatoms. The molecule has 5 rings (SSSR count). The number of ether oxygens (including phenoxy) is 1. The number of thiazole rings is 1. The van der Waals surface area contributed by atoms with Crippen LogP contribution in [0.4, 0.5) is 0 Å². The van der Waals surface area contributed by atoms with Crippen LogP contribution in [-0.2, 0) is 0 Å². The van der Waals surface area contributed by atoms with E-state index in [1.54, 1.807) is 22.8 Å². The molecule has 164 valence electrons. The van der Waals surface area contributed by atoms with Crippen molar-refractivity contribution in [2.45, 2.75) is 0 Å². The Morgan fingerprint density at radius 3 is 2.33 bits per heavy atom. The van der Waals surface area contributed by atoms with E-state index in [1.807, 2.05) is 60.7 Å². The molecule has 0 spiro atoms. The van der Waals surface area contributed by atoms with E-state index < -0.39 is 0 Å². The SMILES string of the molecule is COc1c(Cl)cc(Cl)cc1/C=c1/sc2n(c1=O)C(c1ccccc1)=C(c1ccccc1)NN=2. The largest absolute Gasteiger partial charge is 0.495 e. The van der Waals surface area contributed by atoms with Crippen LogP contribution in [0.3, 0.4) is 0 Å². The summed E-state index contributed by atoms with van der Waals surface area (Å²) in [6.07, 6.45) is 1.73. The number of methoxy groups -OCH3 is 1. The second-order valence-corrected chi connectivity index (χ2v) is 9.08. The van der Waals surface area contributed by atoms with Gasteiger partial charge in [0, 0.05) is 21.7 Å². The first-order valence-corrected chi connectivity index (χ1v) is 11.6. The second-order valence-electron chi connectivity index (χ2n) is 7.22. The van der Waals surface area contributed by atoms with Gasteiger partial charge in [-0.25, -0.2) is 4.57 Å². The summed E-state index contributed by atoms with van der Waals surface area (Å²) in [5.74, 6) is 0.454. The van der Waals surface area contributed by atoms with Gasteiger partial charge < -0.3 is 4.74 Å². The Morgan fingerprint density at radius 1 is 1.00 bits per heavy atom. The molecule has 0 atom stereocenters. The molecule has 0 aliphatic carbocycles. The predicted molar refractivity (Wildman–Crippen MR) is 134 cm³/mol. The number of nitrogens with one attached hydrogen (secondary N) is 1. The molecule has 0 bridgehead atoms. The van der Waals surface area contributed by atoms with Crippen molar-refractivity contribution in [3.05, 3.63) is 119 Å². The minimum atomic E-state index is -0.189. The second kappa shape index (κ2) is 8.90. The van der Waals surface area contributed by atoms with Gasteiger partial charge in [0.15, 0.2) is 0 Å². The zero-order chi connectivity index (χ0) is 22.9. The Labute approximate surface area is 203 Å². The lowest BCUT2D eigenvalue weighted by molar-refractivity contribution is 0.414. The van der Waals surface area contributed by atoms with E-state index in [9.17, 15) is 4.79 Å². The third kappa shape index (κ3) is 3.97. The number of hydrogen-bond acceptors (Lipinski definition) is 5. The average Bonchev–Trinajstić information content (AvgIpc) is 3.14. The summed E-state index contributed by atoms with van der Waals surface area (Å²) >= 11 is 13.8. The highest BCUT2D eigenvalue weighted by Crippen LogP contribution is 2.32. The maximum atomic E-state index is 13.7. The Balaban J connectivity index is 1.79. The summed E-state index contributed by atoms with van der Waals surface area (Å²) in [5, 5.41) is 5.33. The molecule has 0 saturated heterocycles. The molecule has 0 fully saturated rings. The van der Waals surface area contributed by atoms with E-state index in [-0.39, 0.29) is 5.56 Å². The van der Waals surface area contributed by atoms with Gasteiger partial charge in [-0.05, 0) is 18.2 Å². The van der Waals surface area contributed by atoms with Crippen LogP contribution in [0.5, 0.6) is 5.75 Å². The maximum Gasteiger partial charge on any atom is 0.275 e. The van der Waals surface area contributed by atoms with Gasteiger partial charge in [-0.15, -0.1) is 5.10 Å². The molecule has 1 N–H and O–H groups in total. The van der Waals surface area contributed by atoms with Gasteiger partial charge in [-0.3, -0.25) is 10.2 Å². The number of halogens is 2. The lowest BCUT2D eigenvalue weighted by atomic mass is 10.0. The van der Waals surface area contributed by atoms with Crippen molar-refractivity contribution in [1.29, 1.82) is 0 Å². The number of nitrogens with zero attached hydrogens (tertiary/aromatic N) is 2. The number of benzene rings is 3. The third-order valence-electron chi connectivity index (χ3n) is 5.17. The van der Waals surface area contributed by atoms with Crippen molar-refractivity contribution in [2.75, 3.05) is 7.11 Å². The van der Waals surface area contributed by atoms with E-state index in [0.29, 0.717) is 30.7 Å². The van der Waals surface area contributed by atoms with Crippen LogP contribution >= 0.6 is 34.5 Å². The van der Waals surface area contributed by atoms with Crippen LogP contribution in [-0.4, -0.2) is 11.7 Å². The minimum Gasteiger partial charge on any atom is -0.495 e. The summed E-state index contributed by atoms with van der Waals surface area (Å²) in [6.45, 7) is 0. The van der Waals surface area contributed by atoms with Crippen molar-refractivity contribution in [3.8, 4) is 5.75 Å². The molecule has 0 unspecified atom stereocenters. The van der Waals surface area contributed by atoms with E-state index in [0.717, 1.165) is 22.5 Å². The van der Waals surface area contributed by atoms with Gasteiger partial charge in [-0.2, -0.15) is 0 Å². The topological polar surface area (TPSA) is 55.6 Å². The molecular formula is C25H17Cl2N3O2S. The number of rotatable bonds is 4. The molecule has 33 heavy (non-hydrogen) atoms. The van der Waals surface area contributed by atoms with Gasteiger partial charge in [-0.1, -0.05) is 95.2 Å². The molecule has 0 radical (unpaired) electrons. The van der Waals surface area contributed by atoms with Gasteiger partial charge >= 0.3 is 0 Å². The molecule has 1 aliphatic rings. The van der Waals surface area contributed by atoms with Crippen molar-refractivity contribution in [3.63, 3.8) is 0 Å². The summed E-state index contributed by atoms with van der Waals surface area (Å²) in [5.41, 5.74) is 6.91. The van der Waals surface area contributed by atoms with Crippen LogP contribution in [0.2, 0.25) is 10.0 Å². The first kappa shape index (κ1) is 21.5. The van der Waals surface area contributed by atoms with Crippen molar-refractivity contribution in [2.24, 2.45) is 5.10 Å². The van der Waals surface area contributed by atoms with Crippen LogP contribution < -0.4 is 25.1 Å². The fourth-order valence-corrected chi connectivity index (χ4v) is 5.24. The highest BCUT2D eigenvalue weighted by atomic mass is 35.5. The fraction of sp³-hybridized carbons (Fsp3) is 0.0400. The maximum absolute atomic E-state index is 13.7. The fourth-order valence-electron chi connectivity index (χ4n) is 3.73. The van der Waals surface area contributed by atoms with Crippen LogP contribution in [0.25, 0.3) is 17.5 Å². The highest BCUT2D eigenvalue weighted by molar-refractivity contribution is 7.07. The van der Waals surface area contributed by atoms with E-state index >= 15 is 0 Å². The van der Waals surface area contributed by atoms with Gasteiger partial charge in [0.1, 0.15) is 5.75 Å². The molecule has 2 heterocycles. The van der Waals surface area contributed by atoms with Crippen molar-refractivity contribution >= 4 is 52.0 Å². The molecule has 1 aliphatic heterocycles. The molecule has 0 amide bonds. The molecule has 3 aromatic carbocycles. The van der Waals surface area contributed by atoms with Crippen LogP contribution in [0, 0.1) is 0 Å². The standard InChI is InChI=1S/C25H17Cl2N3O2S/c1-32-23-17(12-18(26)14-19(23)27)13-20-24(31)30-22(16-10-6-3-7-11-16)21(28-29-25(30)33-20)15-8-4-2-5-9-15/h2-14,28H,1H3/b20-13+. The van der Waals surface area contributed by atoms with Crippen LogP contribution in [0.15, 0.2) is 82.7 Å². The summed E-state index contributed by atoms with van der Waals surface area (Å²) < 4.78 is 7.56. The Hall–Kier alpha value is -3.32. The Bertz CT molecular complexity index is 1560. The predicted octanol–water partition coefficient (Wildman–Crippen LogP) is 4.57. The van der Waals surface area contributed by atoms with Gasteiger partial charge in [0.25, 0.3) is 5.56 Å². The quantitative estimate of drug-likeness (QED) is 0.453. The normalized spacial score (nSPS) is 13.4. The molecule has 0 saturated carbocycles. The number of fused-ring (bicyclic) bond motifs is 1. The summed E-state index contributed by atoms with van der Waals surface area (Å²) in [7, 11) is 1.53. The highest BCUT2D eigenvalue weighted by Gasteiger charge is 2.22. The molecule has 5 nitrogen and oxygen atoms in total. The van der Waals surface area contributed by atoms with E-state index in [1.165, 1.54) is 18.4 Å². The molecule has 1 aromatic heterocycles. The van der Waals surface area contributed by atoms with Crippen LogP contribution in [0.1, 0.15) is 16.7 Å². The van der Waals surface area contributed by atoms with Gasteiger partial charge in [0.05, 0.1) is 28.1 Å². The summed E-state index contributed by atoms with van der Waals surface area (Å²) in [6, 6.07) is 22.9. The van der Waals surface area contributed by atoms with Crippen molar-refractivity contribution in [1.82, 2.24) is 9.99 Å². The first-order chi connectivity index (χ1) is 16.1. The Kier molecular flexibility index (Phi) is 5.81. The van der Waals surface area contributed by atoms with Gasteiger partial charge in [0.2, 0.25) is 4.80 Å². The van der Waals surface area contributed by atoms with E-state index in [4.69, 9.17) is 27.9 Å². The number of hydrogen-bond donors (Lipinski definition) is 1. The average molecular weight is 494 g/mol. The lowest BCUT2D eigenvalue weighted by Crippen LogP contribution is -2.36. The number of aromatic nitrogens is 1. The molecule has 4 aromatic rings. The first-order valence-electron chi connectivity index (χ1n) is 10.0. The smallest absolute Gasteiger partial charge is 0.275 e. The minimum absolute atomic E-state index is 0.189. The molecular weight excluding hydrogens is 477 g/mol. The van der Waals surface area contributed by atoms with Crippen molar-refractivity contribution < 1.29 is 4.74 Å². The zero-order valence-electron chi connectivity index (χ0n) is 17.4. The Morgan fingerprint density at radius 2 is 1.67 bits per heavy atom. The monoisotopic (exact) mass is 493 g/mol.